The van der Waals surface area contributed by atoms with E-state index >= 15 is 0 Å². The maximum Gasteiger partial charge on any atom is 3.00 e. The SMILES string of the molecule is CCCCC(CC)CC(S)C(=O)[O-].CCCCC(CC)CC(S)C(=O)[O-].CCCCC(CC)CC(S)C(=O)[O-].[Sb+3]. The Morgan fingerprint density at radius 1 is 0.500 bits per heavy atom. The van der Waals surface area contributed by atoms with Gasteiger partial charge >= 0.3 is 24.4 Å². The van der Waals surface area contributed by atoms with E-state index in [0.29, 0.717) is 37.0 Å². The van der Waals surface area contributed by atoms with E-state index in [1.807, 2.05) is 0 Å². The van der Waals surface area contributed by atoms with Crippen molar-refractivity contribution >= 4 is 80.2 Å². The van der Waals surface area contributed by atoms with Crippen LogP contribution in [0.1, 0.15) is 138 Å². The Kier molecular flexibility index (Phi) is 38.0. The van der Waals surface area contributed by atoms with Crippen molar-refractivity contribution in [3.8, 4) is 0 Å². The smallest absolute Gasteiger partial charge is 0.549 e. The molecule has 0 amide bonds. The maximum atomic E-state index is 10.4. The molecular formula is C30H57O6S3Sb. The van der Waals surface area contributed by atoms with Crippen LogP contribution in [0.2, 0.25) is 0 Å². The molecule has 0 spiro atoms. The molecule has 0 aromatic rings. The van der Waals surface area contributed by atoms with Crippen LogP contribution < -0.4 is 15.3 Å². The average molecular weight is 732 g/mol. The first-order valence-electron chi connectivity index (χ1n) is 15.0. The predicted molar refractivity (Wildman–Crippen MR) is 173 cm³/mol. The number of hydrogen-bond acceptors (Lipinski definition) is 9. The predicted octanol–water partition coefficient (Wildman–Crippen LogP) is 4.54. The summed E-state index contributed by atoms with van der Waals surface area (Å²) >= 11 is 11.9. The van der Waals surface area contributed by atoms with E-state index in [2.05, 4.69) is 79.4 Å². The topological polar surface area (TPSA) is 120 Å². The van der Waals surface area contributed by atoms with Gasteiger partial charge in [0.25, 0.3) is 0 Å². The minimum absolute atomic E-state index is 0. The molecule has 6 unspecified atom stereocenters. The van der Waals surface area contributed by atoms with Crippen molar-refractivity contribution in [1.29, 1.82) is 0 Å². The molecule has 10 heteroatoms. The zero-order valence-electron chi connectivity index (χ0n) is 25.8. The number of rotatable bonds is 21. The van der Waals surface area contributed by atoms with E-state index < -0.39 is 33.7 Å². The molecule has 0 aliphatic heterocycles. The zero-order chi connectivity index (χ0) is 30.8. The summed E-state index contributed by atoms with van der Waals surface area (Å²) in [6, 6.07) is 0. The summed E-state index contributed by atoms with van der Waals surface area (Å²) in [6.45, 7) is 12.7. The van der Waals surface area contributed by atoms with Gasteiger partial charge in [-0.1, -0.05) is 119 Å². The number of thiol groups is 3. The number of unbranched alkanes of at least 4 members (excludes halogenated alkanes) is 3. The van der Waals surface area contributed by atoms with Crippen LogP contribution >= 0.6 is 37.9 Å². The fourth-order valence-corrected chi connectivity index (χ4v) is 5.07. The van der Waals surface area contributed by atoms with Crippen LogP contribution in [0.15, 0.2) is 0 Å². The van der Waals surface area contributed by atoms with E-state index in [9.17, 15) is 29.7 Å². The third-order valence-electron chi connectivity index (χ3n) is 7.12. The zero-order valence-corrected chi connectivity index (χ0v) is 31.0. The third-order valence-corrected chi connectivity index (χ3v) is 8.38. The van der Waals surface area contributed by atoms with Gasteiger partial charge in [-0.25, -0.2) is 0 Å². The van der Waals surface area contributed by atoms with Gasteiger partial charge in [-0.05, 0) is 37.0 Å². The van der Waals surface area contributed by atoms with Crippen LogP contribution in [0.5, 0.6) is 0 Å². The third kappa shape index (κ3) is 29.8. The second-order valence-corrected chi connectivity index (χ2v) is 12.3. The number of hydrogen-bond donors (Lipinski definition) is 3. The first-order chi connectivity index (χ1) is 18.3. The van der Waals surface area contributed by atoms with Crippen LogP contribution in [0, 0.1) is 17.8 Å². The Bertz CT molecular complexity index is 531. The van der Waals surface area contributed by atoms with E-state index in [1.54, 1.807) is 0 Å². The van der Waals surface area contributed by atoms with Gasteiger partial charge in [0.2, 0.25) is 0 Å². The normalized spacial score (nSPS) is 14.9. The van der Waals surface area contributed by atoms with E-state index in [4.69, 9.17) is 0 Å². The summed E-state index contributed by atoms with van der Waals surface area (Å²) in [4.78, 5) is 31.3. The molecule has 0 saturated heterocycles. The van der Waals surface area contributed by atoms with Gasteiger partial charge in [-0.2, -0.15) is 37.9 Å². The van der Waals surface area contributed by atoms with Gasteiger partial charge in [-0.3, -0.25) is 0 Å². The molecule has 2 radical (unpaired) electrons. The summed E-state index contributed by atoms with van der Waals surface area (Å²) in [5.41, 5.74) is 0. The van der Waals surface area contributed by atoms with Gasteiger partial charge in [-0.15, -0.1) is 0 Å². The van der Waals surface area contributed by atoms with Crippen LogP contribution in [0.4, 0.5) is 0 Å². The minimum Gasteiger partial charge on any atom is -0.549 e. The fraction of sp³-hybridized carbons (Fsp3) is 0.900. The molecule has 236 valence electrons. The van der Waals surface area contributed by atoms with Crippen molar-refractivity contribution in [3.05, 3.63) is 0 Å². The molecule has 0 N–H and O–H groups in total. The molecule has 0 heterocycles. The maximum absolute atomic E-state index is 10.4. The Morgan fingerprint density at radius 3 is 0.825 bits per heavy atom. The molecule has 40 heavy (non-hydrogen) atoms. The van der Waals surface area contributed by atoms with E-state index in [-0.39, 0.29) is 24.4 Å². The summed E-state index contributed by atoms with van der Waals surface area (Å²) < 4.78 is 0. The van der Waals surface area contributed by atoms with Crippen molar-refractivity contribution in [1.82, 2.24) is 0 Å². The summed E-state index contributed by atoms with van der Waals surface area (Å²) in [5, 5.41) is 29.5. The Balaban J connectivity index is -0.000000240. The molecule has 6 nitrogen and oxygen atoms in total. The van der Waals surface area contributed by atoms with Gasteiger partial charge in [0.15, 0.2) is 0 Å². The van der Waals surface area contributed by atoms with Gasteiger partial charge < -0.3 is 29.7 Å². The summed E-state index contributed by atoms with van der Waals surface area (Å²) in [5.74, 6) is -1.67. The standard InChI is InChI=1S/3C10H20O2S.Sb/c3*1-3-5-6-8(4-2)7-9(13)10(11)12;/h3*8-9,13H,3-7H2,1-2H3,(H,11,12);/q;;;+3/p-3. The molecule has 0 bridgehead atoms. The summed E-state index contributed by atoms with van der Waals surface area (Å²) in [6.07, 6.45) is 15.4. The van der Waals surface area contributed by atoms with Crippen LogP contribution in [0.3, 0.4) is 0 Å². The molecule has 0 rings (SSSR count). The van der Waals surface area contributed by atoms with Gasteiger partial charge in [0.1, 0.15) is 0 Å². The van der Waals surface area contributed by atoms with Crippen LogP contribution in [-0.2, 0) is 14.4 Å². The Labute approximate surface area is 279 Å². The van der Waals surface area contributed by atoms with Crippen molar-refractivity contribution in [2.24, 2.45) is 17.8 Å². The second kappa shape index (κ2) is 32.2. The van der Waals surface area contributed by atoms with Crippen LogP contribution in [-0.4, -0.2) is 58.1 Å². The second-order valence-electron chi connectivity index (χ2n) is 10.5. The van der Waals surface area contributed by atoms with Crippen LogP contribution in [0.25, 0.3) is 0 Å². The van der Waals surface area contributed by atoms with Gasteiger partial charge in [0.05, 0.1) is 17.9 Å². The Morgan fingerprint density at radius 2 is 0.700 bits per heavy atom. The molecule has 0 aromatic heterocycles. The van der Waals surface area contributed by atoms with Crippen molar-refractivity contribution in [2.45, 2.75) is 154 Å². The Hall–Kier alpha value is 0.278. The van der Waals surface area contributed by atoms with Gasteiger partial charge in [0, 0.05) is 15.7 Å². The number of carbonyl (C=O) groups excluding carboxylic acids is 3. The van der Waals surface area contributed by atoms with E-state index in [1.165, 1.54) is 38.5 Å². The van der Waals surface area contributed by atoms with Crippen molar-refractivity contribution in [3.63, 3.8) is 0 Å². The molecular weight excluding hydrogens is 674 g/mol. The van der Waals surface area contributed by atoms with Crippen molar-refractivity contribution in [2.75, 3.05) is 0 Å². The average Bonchev–Trinajstić information content (AvgIpc) is 2.91. The van der Waals surface area contributed by atoms with E-state index in [0.717, 1.165) is 38.5 Å². The molecule has 6 atom stereocenters. The molecule has 0 aliphatic rings. The monoisotopic (exact) mass is 730 g/mol. The quantitative estimate of drug-likeness (QED) is 0.118. The molecule has 0 fully saturated rings. The number of carboxylic acid groups (broad SMARTS) is 3. The molecule has 0 aliphatic carbocycles. The molecule has 0 saturated carbocycles. The number of aliphatic carboxylic acids is 3. The number of carboxylic acids is 3. The minimum atomic E-state index is -1.04. The molecule has 0 aromatic carbocycles. The largest absolute Gasteiger partial charge is 3.00 e. The number of carbonyl (C=O) groups is 3. The summed E-state index contributed by atoms with van der Waals surface area (Å²) in [7, 11) is 0. The first kappa shape index (κ1) is 47.2. The first-order valence-corrected chi connectivity index (χ1v) is 16.6. The van der Waals surface area contributed by atoms with Crippen molar-refractivity contribution < 1.29 is 29.7 Å². The fourth-order valence-electron chi connectivity index (χ4n) is 4.18.